The fraction of sp³-hybridized carbons (Fsp3) is 0.333. The third-order valence-corrected chi connectivity index (χ3v) is 4.14. The van der Waals surface area contributed by atoms with E-state index in [9.17, 15) is 18.0 Å². The van der Waals surface area contributed by atoms with Crippen LogP contribution in [0.4, 0.5) is 13.2 Å². The van der Waals surface area contributed by atoms with Crippen molar-refractivity contribution in [3.63, 3.8) is 0 Å². The van der Waals surface area contributed by atoms with Gasteiger partial charge in [-0.3, -0.25) is 4.99 Å². The molecule has 0 fully saturated rings. The van der Waals surface area contributed by atoms with Gasteiger partial charge in [0.15, 0.2) is 12.6 Å². The summed E-state index contributed by atoms with van der Waals surface area (Å²) >= 11 is 0. The number of ether oxygens (including phenoxy) is 3. The van der Waals surface area contributed by atoms with E-state index in [2.05, 4.69) is 20.4 Å². The van der Waals surface area contributed by atoms with Crippen molar-refractivity contribution < 1.29 is 32.2 Å². The average Bonchev–Trinajstić information content (AvgIpc) is 2.77. The SMILES string of the molecule is CN=C(NCc1ccc(OCC(F)(F)F)cc1)NCc1ccc(OC)c(C(=O)OC)c1.I. The van der Waals surface area contributed by atoms with E-state index in [0.717, 1.165) is 11.1 Å². The molecule has 0 saturated carbocycles. The van der Waals surface area contributed by atoms with Gasteiger partial charge < -0.3 is 24.8 Å². The minimum absolute atomic E-state index is 0. The Hall–Kier alpha value is -2.70. The number of methoxy groups -OCH3 is 2. The lowest BCUT2D eigenvalue weighted by Gasteiger charge is -2.14. The maximum Gasteiger partial charge on any atom is 0.422 e. The second-order valence-electron chi connectivity index (χ2n) is 6.35. The molecule has 0 atom stereocenters. The minimum atomic E-state index is -4.38. The number of nitrogens with one attached hydrogen (secondary N) is 2. The van der Waals surface area contributed by atoms with Gasteiger partial charge in [-0.25, -0.2) is 4.79 Å². The van der Waals surface area contributed by atoms with E-state index >= 15 is 0 Å². The van der Waals surface area contributed by atoms with Gasteiger partial charge in [0.1, 0.15) is 17.1 Å². The highest BCUT2D eigenvalue weighted by molar-refractivity contribution is 14.0. The molecule has 0 unspecified atom stereocenters. The molecule has 0 aromatic heterocycles. The summed E-state index contributed by atoms with van der Waals surface area (Å²) in [6, 6.07) is 11.4. The highest BCUT2D eigenvalue weighted by Crippen LogP contribution is 2.21. The molecule has 2 aromatic carbocycles. The van der Waals surface area contributed by atoms with Crippen molar-refractivity contribution in [1.82, 2.24) is 10.6 Å². The number of alkyl halides is 3. The number of rotatable bonds is 8. The molecule has 0 heterocycles. The maximum atomic E-state index is 12.2. The molecule has 0 saturated heterocycles. The number of carbonyl (C=O) groups excluding carboxylic acids is 1. The van der Waals surface area contributed by atoms with Gasteiger partial charge in [0, 0.05) is 20.1 Å². The smallest absolute Gasteiger partial charge is 0.422 e. The first-order chi connectivity index (χ1) is 14.8. The predicted octanol–water partition coefficient (Wildman–Crippen LogP) is 3.91. The number of carbonyl (C=O) groups is 1. The zero-order valence-electron chi connectivity index (χ0n) is 17.8. The molecule has 11 heteroatoms. The third kappa shape index (κ3) is 8.81. The molecule has 0 bridgehead atoms. The number of aliphatic imine (C=N–C) groups is 1. The molecule has 0 radical (unpaired) electrons. The van der Waals surface area contributed by atoms with Crippen LogP contribution >= 0.6 is 24.0 Å². The molecule has 0 aliphatic rings. The molecule has 2 aromatic rings. The number of benzene rings is 2. The zero-order valence-corrected chi connectivity index (χ0v) is 20.1. The lowest BCUT2D eigenvalue weighted by Crippen LogP contribution is -2.36. The molecule has 176 valence electrons. The Morgan fingerprint density at radius 1 is 1.00 bits per heavy atom. The van der Waals surface area contributed by atoms with Crippen molar-refractivity contribution in [2.75, 3.05) is 27.9 Å². The summed E-state index contributed by atoms with van der Waals surface area (Å²) in [5.74, 6) is 0.571. The molecule has 0 aliphatic carbocycles. The predicted molar refractivity (Wildman–Crippen MR) is 125 cm³/mol. The van der Waals surface area contributed by atoms with E-state index in [1.165, 1.54) is 26.4 Å². The minimum Gasteiger partial charge on any atom is -0.496 e. The van der Waals surface area contributed by atoms with Crippen molar-refractivity contribution in [2.24, 2.45) is 4.99 Å². The number of halogens is 4. The van der Waals surface area contributed by atoms with Crippen molar-refractivity contribution in [3.8, 4) is 11.5 Å². The Balaban J connectivity index is 0.00000512. The van der Waals surface area contributed by atoms with Crippen LogP contribution in [0.15, 0.2) is 47.5 Å². The van der Waals surface area contributed by atoms with E-state index < -0.39 is 18.8 Å². The van der Waals surface area contributed by atoms with E-state index in [0.29, 0.717) is 30.4 Å². The Morgan fingerprint density at radius 3 is 2.12 bits per heavy atom. The highest BCUT2D eigenvalue weighted by atomic mass is 127. The van der Waals surface area contributed by atoms with E-state index in [4.69, 9.17) is 9.47 Å². The van der Waals surface area contributed by atoms with Crippen molar-refractivity contribution in [2.45, 2.75) is 19.3 Å². The van der Waals surface area contributed by atoms with Gasteiger partial charge in [0.2, 0.25) is 0 Å². The van der Waals surface area contributed by atoms with Crippen LogP contribution in [0.1, 0.15) is 21.5 Å². The molecular weight excluding hydrogens is 542 g/mol. The number of guanidine groups is 1. The average molecular weight is 567 g/mol. The van der Waals surface area contributed by atoms with Crippen molar-refractivity contribution >= 4 is 35.9 Å². The first-order valence-corrected chi connectivity index (χ1v) is 9.24. The Kier molecular flexibility index (Phi) is 11.1. The second-order valence-corrected chi connectivity index (χ2v) is 6.35. The van der Waals surface area contributed by atoms with Crippen LogP contribution in [0.2, 0.25) is 0 Å². The Morgan fingerprint density at radius 2 is 1.59 bits per heavy atom. The summed E-state index contributed by atoms with van der Waals surface area (Å²) in [5, 5.41) is 6.23. The second kappa shape index (κ2) is 13.0. The first-order valence-electron chi connectivity index (χ1n) is 9.24. The lowest BCUT2D eigenvalue weighted by atomic mass is 10.1. The van der Waals surface area contributed by atoms with Crippen LogP contribution in [0.5, 0.6) is 11.5 Å². The summed E-state index contributed by atoms with van der Waals surface area (Å²) in [7, 11) is 4.38. The molecule has 0 aliphatic heterocycles. The number of hydrogen-bond donors (Lipinski definition) is 2. The van der Waals surface area contributed by atoms with Crippen LogP contribution in [-0.4, -0.2) is 46.0 Å². The van der Waals surface area contributed by atoms with Gasteiger partial charge in [-0.15, -0.1) is 24.0 Å². The van der Waals surface area contributed by atoms with E-state index in [1.807, 2.05) is 6.07 Å². The van der Waals surface area contributed by atoms with Crippen LogP contribution < -0.4 is 20.1 Å². The quantitative estimate of drug-likeness (QED) is 0.218. The summed E-state index contributed by atoms with van der Waals surface area (Å²) in [5.41, 5.74) is 1.97. The third-order valence-electron chi connectivity index (χ3n) is 4.14. The standard InChI is InChI=1S/C21H24F3N3O4.HI/c1-25-20(26-11-14-4-7-16(8-5-14)31-13-21(22,23)24)27-12-15-6-9-18(29-2)17(10-15)19(28)30-3;/h4-10H,11-13H2,1-3H3,(H2,25,26,27);1H. The van der Waals surface area contributed by atoms with Gasteiger partial charge >= 0.3 is 12.1 Å². The highest BCUT2D eigenvalue weighted by Gasteiger charge is 2.28. The molecule has 2 N–H and O–H groups in total. The van der Waals surface area contributed by atoms with Crippen molar-refractivity contribution in [3.05, 3.63) is 59.2 Å². The zero-order chi connectivity index (χ0) is 22.9. The Labute approximate surface area is 201 Å². The molecule has 7 nitrogen and oxygen atoms in total. The van der Waals surface area contributed by atoms with Crippen LogP contribution in [0, 0.1) is 0 Å². The molecule has 32 heavy (non-hydrogen) atoms. The van der Waals surface area contributed by atoms with E-state index in [1.54, 1.807) is 31.3 Å². The molecule has 0 amide bonds. The summed E-state index contributed by atoms with van der Waals surface area (Å²) < 4.78 is 51.2. The summed E-state index contributed by atoms with van der Waals surface area (Å²) in [6.45, 7) is -0.544. The van der Waals surface area contributed by atoms with Crippen LogP contribution in [0.25, 0.3) is 0 Å². The summed E-state index contributed by atoms with van der Waals surface area (Å²) in [6.07, 6.45) is -4.38. The molecular formula is C21H25F3IN3O4. The molecule has 2 rings (SSSR count). The van der Waals surface area contributed by atoms with Gasteiger partial charge in [0.25, 0.3) is 0 Å². The number of nitrogens with zero attached hydrogens (tertiary/aromatic N) is 1. The lowest BCUT2D eigenvalue weighted by molar-refractivity contribution is -0.153. The normalized spacial score (nSPS) is 11.2. The Bertz CT molecular complexity index is 906. The van der Waals surface area contributed by atoms with Gasteiger partial charge in [-0.2, -0.15) is 13.2 Å². The monoisotopic (exact) mass is 567 g/mol. The molecule has 0 spiro atoms. The number of hydrogen-bond acceptors (Lipinski definition) is 5. The van der Waals surface area contributed by atoms with Crippen molar-refractivity contribution in [1.29, 1.82) is 0 Å². The first kappa shape index (κ1) is 27.3. The number of esters is 1. The fourth-order valence-electron chi connectivity index (χ4n) is 2.60. The topological polar surface area (TPSA) is 81.2 Å². The van der Waals surface area contributed by atoms with Gasteiger partial charge in [-0.1, -0.05) is 18.2 Å². The van der Waals surface area contributed by atoms with Gasteiger partial charge in [-0.05, 0) is 35.4 Å². The largest absolute Gasteiger partial charge is 0.496 e. The van der Waals surface area contributed by atoms with E-state index in [-0.39, 0.29) is 29.7 Å². The van der Waals surface area contributed by atoms with Crippen LogP contribution in [-0.2, 0) is 17.8 Å². The summed E-state index contributed by atoms with van der Waals surface area (Å²) in [4.78, 5) is 16.0. The van der Waals surface area contributed by atoms with Crippen LogP contribution in [0.3, 0.4) is 0 Å². The van der Waals surface area contributed by atoms with Gasteiger partial charge in [0.05, 0.1) is 14.2 Å². The fourth-order valence-corrected chi connectivity index (χ4v) is 2.60. The maximum absolute atomic E-state index is 12.2.